The summed E-state index contributed by atoms with van der Waals surface area (Å²) in [7, 11) is 0. The summed E-state index contributed by atoms with van der Waals surface area (Å²) in [4.78, 5) is 0. The normalized spacial score (nSPS) is 15.0. The summed E-state index contributed by atoms with van der Waals surface area (Å²) in [5, 5.41) is 0. The largest absolute Gasteiger partial charge is 0.0651 e. The number of rotatable bonds is 2. The summed E-state index contributed by atoms with van der Waals surface area (Å²) in [6.45, 7) is 10.3. The first-order chi connectivity index (χ1) is 3.18. The van der Waals surface area contributed by atoms with E-state index in [1.165, 1.54) is 12.3 Å². The van der Waals surface area contributed by atoms with Crippen molar-refractivity contribution >= 4 is 0 Å². The van der Waals surface area contributed by atoms with Gasteiger partial charge in [0.1, 0.15) is 0 Å². The second-order valence-corrected chi connectivity index (χ2v) is 2.18. The summed E-state index contributed by atoms with van der Waals surface area (Å²) < 4.78 is 0. The van der Waals surface area contributed by atoms with Gasteiger partial charge in [0.05, 0.1) is 0 Å². The molecule has 0 heterocycles. The van der Waals surface area contributed by atoms with Crippen LogP contribution in [0.1, 0.15) is 27.2 Å². The Labute approximate surface area is 46.9 Å². The molecule has 0 aromatic carbocycles. The van der Waals surface area contributed by atoms with Crippen LogP contribution in [-0.2, 0) is 0 Å². The van der Waals surface area contributed by atoms with Crippen molar-refractivity contribution < 1.29 is 0 Å². The van der Waals surface area contributed by atoms with E-state index in [4.69, 9.17) is 0 Å². The Bertz CT molecular complexity index is 37.3. The van der Waals surface area contributed by atoms with Crippen LogP contribution in [0.25, 0.3) is 0 Å². The van der Waals surface area contributed by atoms with E-state index in [0.717, 1.165) is 0 Å². The Morgan fingerprint density at radius 1 is 1.57 bits per heavy atom. The van der Waals surface area contributed by atoms with E-state index in [2.05, 4.69) is 27.7 Å². The molecule has 0 amide bonds. The lowest BCUT2D eigenvalue weighted by Crippen LogP contribution is -1.98. The molecule has 0 heteroatoms. The summed E-state index contributed by atoms with van der Waals surface area (Å²) >= 11 is 0. The summed E-state index contributed by atoms with van der Waals surface area (Å²) in [5.74, 6) is 2.00. The fourth-order valence-electron chi connectivity index (χ4n) is 0.408. The molecule has 0 nitrogen and oxygen atoms in total. The van der Waals surface area contributed by atoms with Crippen LogP contribution in [-0.4, -0.2) is 0 Å². The zero-order valence-corrected chi connectivity index (χ0v) is 5.49. The summed E-state index contributed by atoms with van der Waals surface area (Å²) in [5.41, 5.74) is 0. The third-order valence-corrected chi connectivity index (χ3v) is 1.31. The highest BCUT2D eigenvalue weighted by Crippen LogP contribution is 2.13. The molecule has 7 heavy (non-hydrogen) atoms. The van der Waals surface area contributed by atoms with Gasteiger partial charge in [-0.25, -0.2) is 0 Å². The fraction of sp³-hybridized carbons (Fsp3) is 0.714. The molecule has 0 rings (SSSR count). The highest BCUT2D eigenvalue weighted by Gasteiger charge is 2.02. The molecule has 1 unspecified atom stereocenters. The molecule has 2 radical (unpaired) electrons. The third kappa shape index (κ3) is 2.67. The van der Waals surface area contributed by atoms with E-state index in [1.54, 1.807) is 0 Å². The zero-order valence-electron chi connectivity index (χ0n) is 5.49. The van der Waals surface area contributed by atoms with Crippen molar-refractivity contribution in [2.24, 2.45) is 5.92 Å². The average molecular weight is 98.2 g/mol. The molecule has 0 N–H and O–H groups in total. The maximum atomic E-state index is 3.92. The fourth-order valence-corrected chi connectivity index (χ4v) is 0.408. The lowest BCUT2D eigenvalue weighted by atomic mass is 9.96. The van der Waals surface area contributed by atoms with Gasteiger partial charge in [-0.3, -0.25) is 0 Å². The zero-order chi connectivity index (χ0) is 5.86. The third-order valence-electron chi connectivity index (χ3n) is 1.31. The van der Waals surface area contributed by atoms with Gasteiger partial charge in [-0.05, 0) is 18.8 Å². The monoisotopic (exact) mass is 98.1 g/mol. The topological polar surface area (TPSA) is 0 Å². The van der Waals surface area contributed by atoms with Crippen molar-refractivity contribution in [3.63, 3.8) is 0 Å². The molecule has 0 bridgehead atoms. The highest BCUT2D eigenvalue weighted by atomic mass is 14.1. The van der Waals surface area contributed by atoms with E-state index in [0.29, 0.717) is 5.92 Å². The molecule has 1 atom stereocenters. The van der Waals surface area contributed by atoms with Crippen LogP contribution in [0.4, 0.5) is 0 Å². The predicted molar refractivity (Wildman–Crippen MR) is 33.7 cm³/mol. The molecular formula is C7H14. The Balaban J connectivity index is 3.14. The van der Waals surface area contributed by atoms with Gasteiger partial charge in [-0.1, -0.05) is 27.2 Å². The van der Waals surface area contributed by atoms with Gasteiger partial charge >= 0.3 is 0 Å². The molecule has 0 spiro atoms. The van der Waals surface area contributed by atoms with Crippen LogP contribution < -0.4 is 0 Å². The molecule has 0 aliphatic carbocycles. The minimum atomic E-state index is 0.569. The van der Waals surface area contributed by atoms with E-state index in [1.807, 2.05) is 0 Å². The Kier molecular flexibility index (Phi) is 3.06. The average Bonchev–Trinajstić information content (AvgIpc) is 1.65. The number of hydrogen-bond acceptors (Lipinski definition) is 0. The first-order valence-electron chi connectivity index (χ1n) is 2.81. The second-order valence-electron chi connectivity index (χ2n) is 2.18. The minimum absolute atomic E-state index is 0.569. The maximum absolute atomic E-state index is 3.92. The molecular weight excluding hydrogens is 84.1 g/mol. The van der Waals surface area contributed by atoms with Gasteiger partial charge in [0.15, 0.2) is 0 Å². The van der Waals surface area contributed by atoms with Crippen molar-refractivity contribution in [3.05, 3.63) is 12.8 Å². The van der Waals surface area contributed by atoms with Gasteiger partial charge in [0.2, 0.25) is 0 Å². The van der Waals surface area contributed by atoms with Crippen LogP contribution in [0.2, 0.25) is 0 Å². The summed E-state index contributed by atoms with van der Waals surface area (Å²) in [6.07, 6.45) is 1.17. The minimum Gasteiger partial charge on any atom is -0.0651 e. The van der Waals surface area contributed by atoms with Crippen molar-refractivity contribution in [3.8, 4) is 0 Å². The van der Waals surface area contributed by atoms with Gasteiger partial charge in [0.25, 0.3) is 0 Å². The molecule has 0 aliphatic heterocycles. The van der Waals surface area contributed by atoms with Crippen molar-refractivity contribution in [1.29, 1.82) is 0 Å². The van der Waals surface area contributed by atoms with Crippen molar-refractivity contribution in [2.75, 3.05) is 0 Å². The summed E-state index contributed by atoms with van der Waals surface area (Å²) in [6, 6.07) is 0. The van der Waals surface area contributed by atoms with Crippen LogP contribution in [0.5, 0.6) is 0 Å². The Hall–Kier alpha value is 0. The Morgan fingerprint density at radius 2 is 2.00 bits per heavy atom. The second kappa shape index (κ2) is 3.06. The van der Waals surface area contributed by atoms with Gasteiger partial charge in [0, 0.05) is 0 Å². The van der Waals surface area contributed by atoms with Crippen LogP contribution in [0, 0.1) is 18.8 Å². The van der Waals surface area contributed by atoms with Gasteiger partial charge in [-0.15, -0.1) is 0 Å². The predicted octanol–water partition coefficient (Wildman–Crippen LogP) is 2.46. The smallest absolute Gasteiger partial charge is 0.0272 e. The standard InChI is InChI=1S/C7H14/c1-5-7(4)6(2)3/h7H,4-5H2,1-3H3. The molecule has 0 saturated carbocycles. The van der Waals surface area contributed by atoms with E-state index in [9.17, 15) is 0 Å². The molecule has 0 aromatic heterocycles. The van der Waals surface area contributed by atoms with Crippen LogP contribution in [0.15, 0.2) is 0 Å². The van der Waals surface area contributed by atoms with Crippen LogP contribution >= 0.6 is 0 Å². The van der Waals surface area contributed by atoms with Gasteiger partial charge in [-0.2, -0.15) is 0 Å². The molecule has 0 fully saturated rings. The van der Waals surface area contributed by atoms with E-state index >= 15 is 0 Å². The molecule has 0 aromatic rings. The number of hydrogen-bond donors (Lipinski definition) is 0. The first kappa shape index (κ1) is 7.00. The van der Waals surface area contributed by atoms with E-state index < -0.39 is 0 Å². The lowest BCUT2D eigenvalue weighted by molar-refractivity contribution is 0.641. The van der Waals surface area contributed by atoms with Crippen LogP contribution in [0.3, 0.4) is 0 Å². The lowest BCUT2D eigenvalue weighted by Gasteiger charge is -2.09. The SMILES string of the molecule is [CH2]C(CC)[C](C)C. The molecule has 0 aliphatic rings. The Morgan fingerprint density at radius 3 is 2.00 bits per heavy atom. The highest BCUT2D eigenvalue weighted by molar-refractivity contribution is 4.87. The van der Waals surface area contributed by atoms with Crippen molar-refractivity contribution in [2.45, 2.75) is 27.2 Å². The first-order valence-corrected chi connectivity index (χ1v) is 2.81. The molecule has 0 saturated heterocycles. The maximum Gasteiger partial charge on any atom is -0.0272 e. The van der Waals surface area contributed by atoms with E-state index in [-0.39, 0.29) is 0 Å². The van der Waals surface area contributed by atoms with Gasteiger partial charge < -0.3 is 0 Å². The molecule has 42 valence electrons. The quantitative estimate of drug-likeness (QED) is 0.497. The van der Waals surface area contributed by atoms with Crippen molar-refractivity contribution in [1.82, 2.24) is 0 Å².